The Morgan fingerprint density at radius 1 is 0.512 bits per heavy atom. The summed E-state index contributed by atoms with van der Waals surface area (Å²) in [5, 5.41) is 2.69. The minimum absolute atomic E-state index is 1.12. The van der Waals surface area contributed by atoms with Crippen LogP contribution in [-0.4, -0.2) is 0 Å². The van der Waals surface area contributed by atoms with E-state index >= 15 is 0 Å². The number of rotatable bonds is 8. The van der Waals surface area contributed by atoms with Gasteiger partial charge in [0.15, 0.2) is 0 Å². The van der Waals surface area contributed by atoms with Crippen LogP contribution < -0.4 is 4.90 Å². The van der Waals surface area contributed by atoms with E-state index in [-0.39, 0.29) is 0 Å². The maximum absolute atomic E-state index is 2.43. The van der Waals surface area contributed by atoms with Gasteiger partial charge in [-0.05, 0) is 113 Å². The van der Waals surface area contributed by atoms with E-state index in [0.717, 1.165) is 23.5 Å². The van der Waals surface area contributed by atoms with Crippen molar-refractivity contribution in [3.63, 3.8) is 0 Å². The molecular weight excluding hydrogens is 494 g/mol. The van der Waals surface area contributed by atoms with Crippen molar-refractivity contribution >= 4 is 27.8 Å². The lowest BCUT2D eigenvalue weighted by Crippen LogP contribution is -2.10. The molecule has 0 fully saturated rings. The van der Waals surface area contributed by atoms with Crippen LogP contribution in [0.3, 0.4) is 0 Å². The van der Waals surface area contributed by atoms with Crippen LogP contribution in [0.4, 0.5) is 17.1 Å². The molecule has 0 bridgehead atoms. The van der Waals surface area contributed by atoms with Crippen molar-refractivity contribution in [2.24, 2.45) is 0 Å². The van der Waals surface area contributed by atoms with Crippen molar-refractivity contribution in [3.8, 4) is 22.3 Å². The highest BCUT2D eigenvalue weighted by Gasteiger charge is 2.15. The van der Waals surface area contributed by atoms with Gasteiger partial charge in [-0.25, -0.2) is 0 Å². The van der Waals surface area contributed by atoms with Gasteiger partial charge in [0.05, 0.1) is 0 Å². The number of anilines is 3. The lowest BCUT2D eigenvalue weighted by Gasteiger charge is -2.26. The quantitative estimate of drug-likeness (QED) is 0.189. The molecule has 0 atom stereocenters. The third-order valence-corrected chi connectivity index (χ3v) is 8.15. The molecule has 0 aliphatic rings. The Bertz CT molecular complexity index is 1760. The van der Waals surface area contributed by atoms with Crippen LogP contribution in [0.2, 0.25) is 0 Å². The Hall–Kier alpha value is -4.62. The summed E-state index contributed by atoms with van der Waals surface area (Å²) < 4.78 is 0. The molecule has 0 saturated carbocycles. The van der Waals surface area contributed by atoms with Gasteiger partial charge in [-0.15, -0.1) is 0 Å². The fourth-order valence-corrected chi connectivity index (χ4v) is 5.88. The lowest BCUT2D eigenvalue weighted by molar-refractivity contribution is 0.792. The summed E-state index contributed by atoms with van der Waals surface area (Å²) in [7, 11) is 0. The van der Waals surface area contributed by atoms with Gasteiger partial charge in [0.1, 0.15) is 0 Å². The van der Waals surface area contributed by atoms with Crippen molar-refractivity contribution in [3.05, 3.63) is 150 Å². The van der Waals surface area contributed by atoms with Crippen LogP contribution in [-0.2, 0) is 6.42 Å². The summed E-state index contributed by atoms with van der Waals surface area (Å²) in [6.45, 7) is 6.70. The molecule has 0 aromatic heterocycles. The summed E-state index contributed by atoms with van der Waals surface area (Å²) in [5.74, 6) is 0. The van der Waals surface area contributed by atoms with Crippen LogP contribution in [0, 0.1) is 13.8 Å². The molecule has 0 unspecified atom stereocenters. The van der Waals surface area contributed by atoms with Gasteiger partial charge in [-0.1, -0.05) is 110 Å². The first kappa shape index (κ1) is 26.6. The van der Waals surface area contributed by atoms with Crippen LogP contribution in [0.5, 0.6) is 0 Å². The zero-order chi connectivity index (χ0) is 28.2. The van der Waals surface area contributed by atoms with Gasteiger partial charge < -0.3 is 4.90 Å². The number of benzene rings is 6. The van der Waals surface area contributed by atoms with Gasteiger partial charge in [-0.3, -0.25) is 0 Å². The topological polar surface area (TPSA) is 3.24 Å². The van der Waals surface area contributed by atoms with E-state index in [9.17, 15) is 0 Å². The molecule has 0 heterocycles. The lowest BCUT2D eigenvalue weighted by atomic mass is 9.90. The Kier molecular flexibility index (Phi) is 7.69. The number of hydrogen-bond acceptors (Lipinski definition) is 1. The summed E-state index contributed by atoms with van der Waals surface area (Å²) in [4.78, 5) is 2.35. The Morgan fingerprint density at radius 2 is 1.12 bits per heavy atom. The second-order valence-corrected chi connectivity index (χ2v) is 11.0. The second kappa shape index (κ2) is 11.9. The van der Waals surface area contributed by atoms with E-state index in [2.05, 4.69) is 159 Å². The normalized spacial score (nSPS) is 11.1. The predicted octanol–water partition coefficient (Wildman–Crippen LogP) is 11.6. The second-order valence-electron chi connectivity index (χ2n) is 11.0. The van der Waals surface area contributed by atoms with Crippen molar-refractivity contribution in [1.82, 2.24) is 0 Å². The largest absolute Gasteiger partial charge is 0.310 e. The smallest absolute Gasteiger partial charge is 0.0464 e. The number of hydrogen-bond donors (Lipinski definition) is 0. The van der Waals surface area contributed by atoms with Gasteiger partial charge in [-0.2, -0.15) is 0 Å². The maximum Gasteiger partial charge on any atom is 0.0464 e. The molecule has 6 aromatic carbocycles. The molecule has 0 radical (unpaired) electrons. The maximum atomic E-state index is 2.43. The molecule has 0 amide bonds. The molecule has 0 spiro atoms. The Morgan fingerprint density at radius 3 is 1.78 bits per heavy atom. The molecule has 41 heavy (non-hydrogen) atoms. The van der Waals surface area contributed by atoms with E-state index in [1.54, 1.807) is 0 Å². The predicted molar refractivity (Wildman–Crippen MR) is 178 cm³/mol. The molecule has 0 aliphatic heterocycles. The summed E-state index contributed by atoms with van der Waals surface area (Å²) >= 11 is 0. The van der Waals surface area contributed by atoms with Crippen molar-refractivity contribution < 1.29 is 0 Å². The molecule has 0 N–H and O–H groups in total. The summed E-state index contributed by atoms with van der Waals surface area (Å²) in [5.41, 5.74) is 12.6. The highest BCUT2D eigenvalue weighted by atomic mass is 15.1. The zero-order valence-corrected chi connectivity index (χ0v) is 24.3. The third kappa shape index (κ3) is 5.54. The van der Waals surface area contributed by atoms with Crippen LogP contribution in [0.25, 0.3) is 33.0 Å². The number of fused-ring (bicyclic) bond motifs is 1. The highest BCUT2D eigenvalue weighted by molar-refractivity contribution is 5.99. The van der Waals surface area contributed by atoms with E-state index in [4.69, 9.17) is 0 Å². The van der Waals surface area contributed by atoms with E-state index in [1.165, 1.54) is 62.6 Å². The molecule has 202 valence electrons. The first-order valence-electron chi connectivity index (χ1n) is 14.8. The summed E-state index contributed by atoms with van der Waals surface area (Å²) in [6, 6.07) is 48.6. The molecular formula is C40H37N. The summed E-state index contributed by atoms with van der Waals surface area (Å²) in [6.07, 6.45) is 3.54. The molecule has 6 aromatic rings. The van der Waals surface area contributed by atoms with E-state index < -0.39 is 0 Å². The van der Waals surface area contributed by atoms with Crippen molar-refractivity contribution in [2.75, 3.05) is 4.90 Å². The minimum atomic E-state index is 1.12. The number of aryl methyl sites for hydroxylation is 3. The number of unbranched alkanes of at least 4 members (excludes halogenated alkanes) is 1. The monoisotopic (exact) mass is 531 g/mol. The van der Waals surface area contributed by atoms with Gasteiger partial charge in [0.25, 0.3) is 0 Å². The zero-order valence-electron chi connectivity index (χ0n) is 24.3. The third-order valence-electron chi connectivity index (χ3n) is 8.15. The van der Waals surface area contributed by atoms with Crippen LogP contribution in [0.15, 0.2) is 133 Å². The fraction of sp³-hybridized carbons (Fsp3) is 0.150. The van der Waals surface area contributed by atoms with E-state index in [0.29, 0.717) is 0 Å². The van der Waals surface area contributed by atoms with Crippen LogP contribution in [0.1, 0.15) is 36.5 Å². The first-order valence-corrected chi connectivity index (χ1v) is 14.8. The molecule has 0 aliphatic carbocycles. The average Bonchev–Trinajstić information content (AvgIpc) is 3.02. The highest BCUT2D eigenvalue weighted by Crippen LogP contribution is 2.39. The Labute approximate surface area is 244 Å². The fourth-order valence-electron chi connectivity index (χ4n) is 5.88. The number of nitrogens with zero attached hydrogens (tertiary/aromatic N) is 1. The SMILES string of the molecule is CCCCc1cc(-c2ccc(N(c3ccc(-c4ccccc4)cc3)c3cccc(C)c3)cc2)c2ccccc2c1C. The Balaban J connectivity index is 1.42. The molecule has 1 nitrogen and oxygen atoms in total. The minimum Gasteiger partial charge on any atom is -0.310 e. The van der Waals surface area contributed by atoms with Gasteiger partial charge in [0, 0.05) is 17.1 Å². The van der Waals surface area contributed by atoms with Gasteiger partial charge >= 0.3 is 0 Å². The standard InChI is InChI=1S/C40H37N/c1-4-5-13-34-28-40(39-18-10-9-17-38(39)30(34)3)33-21-25-36(26-22-33)41(37-16-11-12-29(2)27-37)35-23-19-32(20-24-35)31-14-7-6-8-15-31/h6-12,14-28H,4-5,13H2,1-3H3. The van der Waals surface area contributed by atoms with Crippen molar-refractivity contribution in [2.45, 2.75) is 40.0 Å². The van der Waals surface area contributed by atoms with Gasteiger partial charge in [0.2, 0.25) is 0 Å². The molecule has 1 heteroatoms. The molecule has 6 rings (SSSR count). The van der Waals surface area contributed by atoms with E-state index in [1.807, 2.05) is 0 Å². The van der Waals surface area contributed by atoms with Crippen LogP contribution >= 0.6 is 0 Å². The molecule has 0 saturated heterocycles. The first-order chi connectivity index (χ1) is 20.1. The average molecular weight is 532 g/mol. The van der Waals surface area contributed by atoms with Crippen molar-refractivity contribution in [1.29, 1.82) is 0 Å².